The fourth-order valence-electron chi connectivity index (χ4n) is 1.63. The predicted octanol–water partition coefficient (Wildman–Crippen LogP) is 2.96. The Bertz CT molecular complexity index is 643. The Morgan fingerprint density at radius 2 is 2.05 bits per heavy atom. The van der Waals surface area contributed by atoms with Gasteiger partial charge in [-0.1, -0.05) is 42.1 Å². The van der Waals surface area contributed by atoms with Crippen molar-refractivity contribution >= 4 is 35.0 Å². The zero-order chi connectivity index (χ0) is 15.9. The van der Waals surface area contributed by atoms with Gasteiger partial charge in [0.1, 0.15) is 0 Å². The predicted molar refractivity (Wildman–Crippen MR) is 89.0 cm³/mol. The summed E-state index contributed by atoms with van der Waals surface area (Å²) in [6.45, 7) is 4.04. The molecule has 0 bridgehead atoms. The monoisotopic (exact) mass is 335 g/mol. The number of urea groups is 1. The second-order valence-corrected chi connectivity index (χ2v) is 7.12. The lowest BCUT2D eigenvalue weighted by Crippen LogP contribution is -2.42. The van der Waals surface area contributed by atoms with E-state index >= 15 is 0 Å². The number of benzene rings is 1. The maximum Gasteiger partial charge on any atom is 0.321 e. The van der Waals surface area contributed by atoms with E-state index < -0.39 is 6.03 Å². The molecule has 7 heteroatoms. The van der Waals surface area contributed by atoms with E-state index in [1.54, 1.807) is 6.92 Å². The summed E-state index contributed by atoms with van der Waals surface area (Å²) >= 11 is 2.84. The van der Waals surface area contributed by atoms with Gasteiger partial charge in [-0.05, 0) is 19.4 Å². The lowest BCUT2D eigenvalue weighted by Gasteiger charge is -2.10. The van der Waals surface area contributed by atoms with Gasteiger partial charge in [-0.2, -0.15) is 0 Å². The number of nitrogens with zero attached hydrogens (tertiary/aromatic N) is 1. The van der Waals surface area contributed by atoms with Gasteiger partial charge in [0.2, 0.25) is 5.91 Å². The van der Waals surface area contributed by atoms with Gasteiger partial charge in [-0.25, -0.2) is 9.78 Å². The summed E-state index contributed by atoms with van der Waals surface area (Å²) in [5.74, 6) is -0.330. The highest BCUT2D eigenvalue weighted by molar-refractivity contribution is 8.02. The molecule has 0 spiro atoms. The first kappa shape index (κ1) is 16.5. The normalized spacial score (nSPS) is 11.7. The quantitative estimate of drug-likeness (QED) is 0.824. The number of hydrogen-bond donors (Lipinski definition) is 2. The summed E-state index contributed by atoms with van der Waals surface area (Å²) in [5, 5.41) is 6.55. The van der Waals surface area contributed by atoms with Crippen LogP contribution in [0.3, 0.4) is 0 Å². The molecule has 1 atom stereocenters. The van der Waals surface area contributed by atoms with Gasteiger partial charge in [0.15, 0.2) is 4.34 Å². The molecule has 3 amide bonds. The van der Waals surface area contributed by atoms with Crippen LogP contribution >= 0.6 is 23.1 Å². The highest BCUT2D eigenvalue weighted by Crippen LogP contribution is 2.26. The van der Waals surface area contributed by atoms with Gasteiger partial charge in [-0.3, -0.25) is 10.1 Å². The van der Waals surface area contributed by atoms with Gasteiger partial charge < -0.3 is 5.32 Å². The van der Waals surface area contributed by atoms with E-state index in [4.69, 9.17) is 0 Å². The van der Waals surface area contributed by atoms with Crippen LogP contribution in [-0.4, -0.2) is 22.2 Å². The number of hydrogen-bond acceptors (Lipinski definition) is 5. The number of nitrogens with one attached hydrogen (secondary N) is 2. The Balaban J connectivity index is 1.76. The summed E-state index contributed by atoms with van der Waals surface area (Å²) in [5.41, 5.74) is 1.91. The third-order valence-corrected chi connectivity index (χ3v) is 4.97. The first-order valence-corrected chi connectivity index (χ1v) is 8.52. The smallest absolute Gasteiger partial charge is 0.321 e. The minimum atomic E-state index is -0.489. The van der Waals surface area contributed by atoms with E-state index in [-0.39, 0.29) is 11.2 Å². The van der Waals surface area contributed by atoms with Gasteiger partial charge >= 0.3 is 6.03 Å². The molecule has 0 saturated carbocycles. The third kappa shape index (κ3) is 5.16. The van der Waals surface area contributed by atoms with Crippen molar-refractivity contribution < 1.29 is 9.59 Å². The average molecular weight is 335 g/mol. The zero-order valence-electron chi connectivity index (χ0n) is 12.3. The van der Waals surface area contributed by atoms with Crippen LogP contribution in [-0.2, 0) is 11.3 Å². The van der Waals surface area contributed by atoms with E-state index in [1.807, 2.05) is 42.6 Å². The molecule has 1 aromatic heterocycles. The summed E-state index contributed by atoms with van der Waals surface area (Å²) < 4.78 is 0.824. The fourth-order valence-corrected chi connectivity index (χ4v) is 3.61. The van der Waals surface area contributed by atoms with Crippen LogP contribution in [0.15, 0.2) is 40.1 Å². The molecule has 116 valence electrons. The fraction of sp³-hybridized carbons (Fsp3) is 0.267. The van der Waals surface area contributed by atoms with Crippen LogP contribution in [0.2, 0.25) is 0 Å². The molecule has 1 aromatic carbocycles. The van der Waals surface area contributed by atoms with Gasteiger partial charge in [0.25, 0.3) is 0 Å². The molecule has 1 unspecified atom stereocenters. The van der Waals surface area contributed by atoms with Crippen molar-refractivity contribution in [3.63, 3.8) is 0 Å². The van der Waals surface area contributed by atoms with Crippen molar-refractivity contribution in [2.24, 2.45) is 0 Å². The number of thioether (sulfide) groups is 1. The van der Waals surface area contributed by atoms with E-state index in [0.717, 1.165) is 15.6 Å². The second kappa shape index (κ2) is 7.95. The Morgan fingerprint density at radius 1 is 1.32 bits per heavy atom. The van der Waals surface area contributed by atoms with Gasteiger partial charge in [0.05, 0.1) is 5.25 Å². The van der Waals surface area contributed by atoms with E-state index in [0.29, 0.717) is 6.54 Å². The standard InChI is InChI=1S/C15H17N3O2S2/c1-10-9-21-15(17-10)22-11(2)13(19)18-14(20)16-8-12-6-4-3-5-7-12/h3-7,9,11H,8H2,1-2H3,(H2,16,18,19,20). The number of aromatic nitrogens is 1. The van der Waals surface area contributed by atoms with Crippen LogP contribution < -0.4 is 10.6 Å². The third-order valence-electron chi connectivity index (χ3n) is 2.78. The summed E-state index contributed by atoms with van der Waals surface area (Å²) in [6.07, 6.45) is 0. The first-order chi connectivity index (χ1) is 10.5. The Hall–Kier alpha value is -1.86. The SMILES string of the molecule is Cc1csc(SC(C)C(=O)NC(=O)NCc2ccccc2)n1. The van der Waals surface area contributed by atoms with Crippen molar-refractivity contribution in [3.05, 3.63) is 47.0 Å². The topological polar surface area (TPSA) is 71.1 Å². The van der Waals surface area contributed by atoms with Crippen LogP contribution in [0.5, 0.6) is 0 Å². The molecular weight excluding hydrogens is 318 g/mol. The molecule has 0 aliphatic rings. The van der Waals surface area contributed by atoms with Crippen LogP contribution in [0.25, 0.3) is 0 Å². The Morgan fingerprint density at radius 3 is 2.68 bits per heavy atom. The number of aryl methyl sites for hydroxylation is 1. The van der Waals surface area contributed by atoms with Crippen LogP contribution in [0.1, 0.15) is 18.2 Å². The highest BCUT2D eigenvalue weighted by Gasteiger charge is 2.18. The number of rotatable bonds is 5. The van der Waals surface area contributed by atoms with Crippen LogP contribution in [0, 0.1) is 6.92 Å². The Labute approximate surface area is 137 Å². The molecular formula is C15H17N3O2S2. The molecule has 0 aliphatic carbocycles. The lowest BCUT2D eigenvalue weighted by atomic mass is 10.2. The van der Waals surface area contributed by atoms with E-state index in [9.17, 15) is 9.59 Å². The second-order valence-electron chi connectivity index (χ2n) is 4.67. The minimum Gasteiger partial charge on any atom is -0.334 e. The van der Waals surface area contributed by atoms with Crippen molar-refractivity contribution in [2.75, 3.05) is 0 Å². The van der Waals surface area contributed by atoms with Crippen molar-refractivity contribution in [2.45, 2.75) is 30.0 Å². The van der Waals surface area contributed by atoms with E-state index in [2.05, 4.69) is 15.6 Å². The van der Waals surface area contributed by atoms with E-state index in [1.165, 1.54) is 23.1 Å². The zero-order valence-corrected chi connectivity index (χ0v) is 14.0. The minimum absolute atomic E-state index is 0.330. The Kier molecular flexibility index (Phi) is 5.97. The molecule has 2 rings (SSSR count). The van der Waals surface area contributed by atoms with Crippen LogP contribution in [0.4, 0.5) is 4.79 Å². The van der Waals surface area contributed by atoms with Gasteiger partial charge in [-0.15, -0.1) is 11.3 Å². The van der Waals surface area contributed by atoms with Crippen molar-refractivity contribution in [1.29, 1.82) is 0 Å². The lowest BCUT2D eigenvalue weighted by molar-refractivity contribution is -0.119. The molecule has 1 heterocycles. The van der Waals surface area contributed by atoms with Gasteiger partial charge in [0, 0.05) is 17.6 Å². The number of carbonyl (C=O) groups excluding carboxylic acids is 2. The maximum atomic E-state index is 12.0. The molecule has 0 fully saturated rings. The number of thiazole rings is 1. The molecule has 2 N–H and O–H groups in total. The molecule has 0 saturated heterocycles. The molecule has 0 radical (unpaired) electrons. The first-order valence-electron chi connectivity index (χ1n) is 6.76. The molecule has 22 heavy (non-hydrogen) atoms. The molecule has 2 aromatic rings. The average Bonchev–Trinajstić information content (AvgIpc) is 2.91. The molecule has 5 nitrogen and oxygen atoms in total. The van der Waals surface area contributed by atoms with Crippen molar-refractivity contribution in [1.82, 2.24) is 15.6 Å². The number of amides is 3. The van der Waals surface area contributed by atoms with Crippen molar-refractivity contribution in [3.8, 4) is 0 Å². The molecule has 0 aliphatic heterocycles. The number of carbonyl (C=O) groups is 2. The maximum absolute atomic E-state index is 12.0. The summed E-state index contributed by atoms with van der Waals surface area (Å²) in [6, 6.07) is 9.03. The summed E-state index contributed by atoms with van der Waals surface area (Å²) in [4.78, 5) is 28.0. The number of imide groups is 1. The largest absolute Gasteiger partial charge is 0.334 e. The highest BCUT2D eigenvalue weighted by atomic mass is 32.2. The summed E-state index contributed by atoms with van der Waals surface area (Å²) in [7, 11) is 0.